The van der Waals surface area contributed by atoms with Crippen LogP contribution in [0.1, 0.15) is 18.5 Å². The number of imide groups is 1. The summed E-state index contributed by atoms with van der Waals surface area (Å²) in [6.07, 6.45) is 1.14. The van der Waals surface area contributed by atoms with E-state index in [1.807, 2.05) is 0 Å². The molecule has 2 aliphatic heterocycles. The highest BCUT2D eigenvalue weighted by atomic mass is 35.5. The number of ether oxygens (including phenoxy) is 1. The topological polar surface area (TPSA) is 132 Å². The summed E-state index contributed by atoms with van der Waals surface area (Å²) in [4.78, 5) is 50.2. The average molecular weight is 434 g/mol. The number of anilines is 1. The third-order valence-corrected chi connectivity index (χ3v) is 5.50. The van der Waals surface area contributed by atoms with E-state index in [0.29, 0.717) is 16.3 Å². The van der Waals surface area contributed by atoms with Crippen LogP contribution in [0.3, 0.4) is 0 Å². The number of hydrogen-bond donors (Lipinski definition) is 1. The van der Waals surface area contributed by atoms with Crippen LogP contribution in [0.4, 0.5) is 11.6 Å². The Balaban J connectivity index is 1.74. The molecule has 4 atom stereocenters. The molecule has 1 N–H and O–H groups in total. The first kappa shape index (κ1) is 20.0. The molecule has 2 saturated heterocycles. The van der Waals surface area contributed by atoms with E-state index in [1.165, 1.54) is 18.2 Å². The van der Waals surface area contributed by atoms with Gasteiger partial charge in [0.05, 0.1) is 30.2 Å². The molecule has 2 fully saturated rings. The molecule has 0 saturated carbocycles. The number of carbonyl (C=O) groups is 3. The highest BCUT2D eigenvalue weighted by molar-refractivity contribution is 6.31. The van der Waals surface area contributed by atoms with Crippen molar-refractivity contribution < 1.29 is 28.5 Å². The minimum Gasteiger partial charge on any atom is -0.465 e. The number of rotatable bonds is 5. The Morgan fingerprint density at radius 2 is 1.93 bits per heavy atom. The lowest BCUT2D eigenvalue weighted by Gasteiger charge is -2.21. The molecule has 4 unspecified atom stereocenters. The second kappa shape index (κ2) is 7.54. The molecule has 2 aliphatic rings. The Bertz CT molecular complexity index is 1040. The van der Waals surface area contributed by atoms with Crippen LogP contribution in [0, 0.1) is 22.0 Å². The van der Waals surface area contributed by atoms with Crippen LogP contribution in [0.15, 0.2) is 41.0 Å². The maximum absolute atomic E-state index is 13.2. The lowest BCUT2D eigenvalue weighted by Crippen LogP contribution is -2.44. The highest BCUT2D eigenvalue weighted by Crippen LogP contribution is 2.46. The maximum Gasteiger partial charge on any atom is 0.433 e. The zero-order valence-electron chi connectivity index (χ0n) is 15.6. The average Bonchev–Trinajstić information content (AvgIpc) is 3.39. The molecule has 2 aromatic rings. The number of halogens is 1. The Hall–Kier alpha value is -3.24. The van der Waals surface area contributed by atoms with Gasteiger partial charge in [-0.05, 0) is 31.2 Å². The van der Waals surface area contributed by atoms with Gasteiger partial charge in [-0.2, -0.15) is 0 Å². The van der Waals surface area contributed by atoms with Gasteiger partial charge in [0.1, 0.15) is 17.2 Å². The summed E-state index contributed by atoms with van der Waals surface area (Å²) < 4.78 is 10.0. The molecule has 10 nitrogen and oxygen atoms in total. The fraction of sp³-hybridized carbons (Fsp3) is 0.316. The van der Waals surface area contributed by atoms with Crippen LogP contribution in [-0.4, -0.2) is 35.4 Å². The standard InChI is InChI=1S/C19H16ClN3O7/c1-2-29-19(26)16-14-13(15(21-16)9-7-12(23(27)28)30-8-9)17(24)22(18(14)25)11-5-3-10(20)4-6-11/h3-8,13-16,21H,2H2,1H3. The molecule has 3 heterocycles. The van der Waals surface area contributed by atoms with Crippen LogP contribution < -0.4 is 10.2 Å². The number of amides is 2. The third-order valence-electron chi connectivity index (χ3n) is 5.25. The second-order valence-electron chi connectivity index (χ2n) is 6.89. The zero-order valence-corrected chi connectivity index (χ0v) is 16.4. The Kier molecular flexibility index (Phi) is 5.04. The third kappa shape index (κ3) is 3.14. The van der Waals surface area contributed by atoms with Crippen molar-refractivity contribution in [1.82, 2.24) is 5.32 Å². The zero-order chi connectivity index (χ0) is 21.6. The van der Waals surface area contributed by atoms with Crippen LogP contribution in [0.2, 0.25) is 5.02 Å². The molecule has 0 bridgehead atoms. The van der Waals surface area contributed by atoms with Crippen molar-refractivity contribution in [2.75, 3.05) is 11.5 Å². The number of nitrogens with zero attached hydrogens (tertiary/aromatic N) is 2. The van der Waals surface area contributed by atoms with Gasteiger partial charge >= 0.3 is 11.9 Å². The van der Waals surface area contributed by atoms with Gasteiger partial charge in [-0.15, -0.1) is 0 Å². The first-order valence-electron chi connectivity index (χ1n) is 9.12. The van der Waals surface area contributed by atoms with Crippen LogP contribution in [0.5, 0.6) is 0 Å². The molecule has 1 aromatic carbocycles. The molecule has 0 radical (unpaired) electrons. The predicted octanol–water partition coefficient (Wildman–Crippen LogP) is 2.22. The van der Waals surface area contributed by atoms with Crippen molar-refractivity contribution in [3.05, 3.63) is 57.3 Å². The summed E-state index contributed by atoms with van der Waals surface area (Å²) in [5.74, 6) is -4.24. The molecule has 4 rings (SSSR count). The summed E-state index contributed by atoms with van der Waals surface area (Å²) in [6, 6.07) is 5.41. The Morgan fingerprint density at radius 1 is 1.27 bits per heavy atom. The van der Waals surface area contributed by atoms with Gasteiger partial charge in [0.15, 0.2) is 0 Å². The Labute approximate surface area is 174 Å². The smallest absolute Gasteiger partial charge is 0.433 e. The molecular weight excluding hydrogens is 418 g/mol. The molecular formula is C19H16ClN3O7. The number of esters is 1. The summed E-state index contributed by atoms with van der Waals surface area (Å²) in [6.45, 7) is 1.72. The quantitative estimate of drug-likeness (QED) is 0.328. The van der Waals surface area contributed by atoms with Gasteiger partial charge < -0.3 is 9.15 Å². The van der Waals surface area contributed by atoms with E-state index >= 15 is 0 Å². The van der Waals surface area contributed by atoms with Crippen LogP contribution in [0.25, 0.3) is 0 Å². The van der Waals surface area contributed by atoms with Crippen molar-refractivity contribution in [1.29, 1.82) is 0 Å². The minimum absolute atomic E-state index is 0.0965. The normalized spacial score (nSPS) is 25.5. The van der Waals surface area contributed by atoms with E-state index in [-0.39, 0.29) is 6.61 Å². The summed E-state index contributed by atoms with van der Waals surface area (Å²) >= 11 is 5.89. The van der Waals surface area contributed by atoms with Gasteiger partial charge in [0, 0.05) is 16.6 Å². The molecule has 156 valence electrons. The molecule has 0 spiro atoms. The van der Waals surface area contributed by atoms with Gasteiger partial charge in [0.25, 0.3) is 0 Å². The number of benzene rings is 1. The van der Waals surface area contributed by atoms with Crippen molar-refractivity contribution in [2.24, 2.45) is 11.8 Å². The number of carbonyl (C=O) groups excluding carboxylic acids is 3. The van der Waals surface area contributed by atoms with Crippen LogP contribution >= 0.6 is 11.6 Å². The summed E-state index contributed by atoms with van der Waals surface area (Å²) in [5.41, 5.74) is 0.617. The lowest BCUT2D eigenvalue weighted by atomic mass is 9.87. The molecule has 1 aromatic heterocycles. The van der Waals surface area contributed by atoms with E-state index in [1.54, 1.807) is 19.1 Å². The van der Waals surface area contributed by atoms with E-state index in [9.17, 15) is 24.5 Å². The molecule has 2 amide bonds. The van der Waals surface area contributed by atoms with Crippen molar-refractivity contribution in [3.8, 4) is 0 Å². The van der Waals surface area contributed by atoms with E-state index in [2.05, 4.69) is 5.32 Å². The fourth-order valence-electron chi connectivity index (χ4n) is 4.01. The monoisotopic (exact) mass is 433 g/mol. The van der Waals surface area contributed by atoms with Crippen LogP contribution in [-0.2, 0) is 19.1 Å². The Morgan fingerprint density at radius 3 is 2.53 bits per heavy atom. The van der Waals surface area contributed by atoms with E-state index in [4.69, 9.17) is 20.8 Å². The van der Waals surface area contributed by atoms with Gasteiger partial charge in [-0.1, -0.05) is 11.6 Å². The summed E-state index contributed by atoms with van der Waals surface area (Å²) in [5, 5.41) is 14.4. The largest absolute Gasteiger partial charge is 0.465 e. The predicted molar refractivity (Wildman–Crippen MR) is 103 cm³/mol. The molecule has 30 heavy (non-hydrogen) atoms. The summed E-state index contributed by atoms with van der Waals surface area (Å²) in [7, 11) is 0. The number of nitrogens with one attached hydrogen (secondary N) is 1. The number of hydrogen-bond acceptors (Lipinski definition) is 8. The second-order valence-corrected chi connectivity index (χ2v) is 7.33. The van der Waals surface area contributed by atoms with Crippen molar-refractivity contribution in [3.63, 3.8) is 0 Å². The number of nitro groups is 1. The highest BCUT2D eigenvalue weighted by Gasteiger charge is 2.62. The maximum atomic E-state index is 13.2. The van der Waals surface area contributed by atoms with Crippen molar-refractivity contribution in [2.45, 2.75) is 19.0 Å². The van der Waals surface area contributed by atoms with Gasteiger partial charge in [0.2, 0.25) is 11.8 Å². The minimum atomic E-state index is -1.08. The van der Waals surface area contributed by atoms with E-state index < -0.39 is 52.5 Å². The lowest BCUT2D eigenvalue weighted by molar-refractivity contribution is -0.402. The van der Waals surface area contributed by atoms with E-state index in [0.717, 1.165) is 11.2 Å². The first-order valence-corrected chi connectivity index (χ1v) is 9.50. The molecule has 0 aliphatic carbocycles. The number of furan rings is 1. The van der Waals surface area contributed by atoms with Gasteiger partial charge in [-0.25, -0.2) is 4.90 Å². The molecule has 11 heteroatoms. The first-order chi connectivity index (χ1) is 14.3. The fourth-order valence-corrected chi connectivity index (χ4v) is 4.13. The van der Waals surface area contributed by atoms with Gasteiger partial charge in [-0.3, -0.25) is 29.8 Å². The number of fused-ring (bicyclic) bond motifs is 1. The van der Waals surface area contributed by atoms with Crippen molar-refractivity contribution >= 4 is 41.0 Å². The SMILES string of the molecule is CCOC(=O)C1NC(c2coc([N+](=O)[O-])c2)C2C(=O)N(c3ccc(Cl)cc3)C(=O)C12.